The Morgan fingerprint density at radius 3 is 2.58 bits per heavy atom. The van der Waals surface area contributed by atoms with Gasteiger partial charge >= 0.3 is 0 Å². The molecule has 1 aromatic carbocycles. The van der Waals surface area contributed by atoms with Crippen molar-refractivity contribution in [2.75, 3.05) is 31.1 Å². The molecule has 0 aliphatic carbocycles. The number of nitro benzene ring substituents is 1. The summed E-state index contributed by atoms with van der Waals surface area (Å²) in [5.74, 6) is 0.258. The van der Waals surface area contributed by atoms with E-state index in [1.165, 1.54) is 6.07 Å². The highest BCUT2D eigenvalue weighted by molar-refractivity contribution is 6.30. The third-order valence-corrected chi connectivity index (χ3v) is 4.29. The van der Waals surface area contributed by atoms with Crippen molar-refractivity contribution in [2.24, 2.45) is 7.05 Å². The lowest BCUT2D eigenvalue weighted by Crippen LogP contribution is -2.49. The first kappa shape index (κ1) is 16.3. The Morgan fingerprint density at radius 1 is 1.29 bits per heavy atom. The van der Waals surface area contributed by atoms with E-state index < -0.39 is 4.92 Å². The van der Waals surface area contributed by atoms with Crippen molar-refractivity contribution < 1.29 is 9.72 Å². The molecule has 2 heterocycles. The van der Waals surface area contributed by atoms with E-state index in [0.29, 0.717) is 42.7 Å². The third-order valence-electron chi connectivity index (χ3n) is 4.05. The predicted molar refractivity (Wildman–Crippen MR) is 89.4 cm³/mol. The number of anilines is 1. The number of piperazine rings is 1. The number of imidazole rings is 1. The normalized spacial score (nSPS) is 14.8. The Balaban J connectivity index is 1.73. The van der Waals surface area contributed by atoms with E-state index in [0.717, 1.165) is 0 Å². The van der Waals surface area contributed by atoms with Gasteiger partial charge in [-0.15, -0.1) is 0 Å². The third kappa shape index (κ3) is 3.05. The molecule has 126 valence electrons. The van der Waals surface area contributed by atoms with Crippen LogP contribution in [-0.2, 0) is 7.05 Å². The van der Waals surface area contributed by atoms with Crippen molar-refractivity contribution in [3.63, 3.8) is 0 Å². The number of hydrogen-bond donors (Lipinski definition) is 0. The Hall–Kier alpha value is -2.61. The van der Waals surface area contributed by atoms with Gasteiger partial charge in [0.25, 0.3) is 11.6 Å². The number of nitro groups is 1. The fraction of sp³-hybridized carbons (Fsp3) is 0.333. The van der Waals surface area contributed by atoms with Gasteiger partial charge in [0.15, 0.2) is 5.82 Å². The smallest absolute Gasteiger partial charge is 0.294 e. The van der Waals surface area contributed by atoms with Gasteiger partial charge in [-0.2, -0.15) is 0 Å². The summed E-state index contributed by atoms with van der Waals surface area (Å²) in [6, 6.07) is 4.63. The topological polar surface area (TPSA) is 84.5 Å². The van der Waals surface area contributed by atoms with Gasteiger partial charge in [0.2, 0.25) is 0 Å². The molecule has 2 aromatic rings. The Bertz CT molecular complexity index is 783. The number of halogens is 1. The highest BCUT2D eigenvalue weighted by Crippen LogP contribution is 2.31. The number of carbonyl (C=O) groups excluding carboxylic acids is 1. The molecule has 1 aromatic heterocycles. The molecular formula is C15H16ClN5O3. The van der Waals surface area contributed by atoms with Crippen molar-refractivity contribution in [3.05, 3.63) is 51.6 Å². The molecule has 0 bridgehead atoms. The van der Waals surface area contributed by atoms with Gasteiger partial charge < -0.3 is 14.4 Å². The Labute approximate surface area is 143 Å². The van der Waals surface area contributed by atoms with E-state index in [1.54, 1.807) is 41.0 Å². The zero-order chi connectivity index (χ0) is 17.3. The minimum absolute atomic E-state index is 0.0219. The number of rotatable bonds is 3. The number of aryl methyl sites for hydroxylation is 1. The fourth-order valence-corrected chi connectivity index (χ4v) is 2.94. The molecule has 9 heteroatoms. The molecule has 0 spiro atoms. The van der Waals surface area contributed by atoms with Crippen LogP contribution in [0.15, 0.2) is 30.6 Å². The maximum absolute atomic E-state index is 12.4. The average molecular weight is 350 g/mol. The second kappa shape index (κ2) is 6.48. The second-order valence-electron chi connectivity index (χ2n) is 5.53. The maximum Gasteiger partial charge on any atom is 0.294 e. The number of hydrogen-bond acceptors (Lipinski definition) is 5. The first-order valence-electron chi connectivity index (χ1n) is 7.43. The molecule has 1 fully saturated rings. The summed E-state index contributed by atoms with van der Waals surface area (Å²) in [5, 5.41) is 11.6. The molecule has 0 radical (unpaired) electrons. The van der Waals surface area contributed by atoms with E-state index in [2.05, 4.69) is 4.98 Å². The standard InChI is InChI=1S/C15H16ClN5O3/c1-18-5-4-17-14(18)15(22)20-8-6-19(7-9-20)12-3-2-11(16)10-13(12)21(23)24/h2-5,10H,6-9H2,1H3. The lowest BCUT2D eigenvalue weighted by molar-refractivity contribution is -0.384. The SMILES string of the molecule is Cn1ccnc1C(=O)N1CCN(c2ccc(Cl)cc2[N+](=O)[O-])CC1. The number of carbonyl (C=O) groups is 1. The molecular weight excluding hydrogens is 334 g/mol. The highest BCUT2D eigenvalue weighted by Gasteiger charge is 2.27. The van der Waals surface area contributed by atoms with Crippen LogP contribution in [0, 0.1) is 10.1 Å². The molecule has 0 unspecified atom stereocenters. The van der Waals surface area contributed by atoms with Crippen molar-refractivity contribution in [3.8, 4) is 0 Å². The molecule has 1 aliphatic heterocycles. The number of benzene rings is 1. The largest absolute Gasteiger partial charge is 0.362 e. The van der Waals surface area contributed by atoms with E-state index in [9.17, 15) is 14.9 Å². The van der Waals surface area contributed by atoms with Gasteiger partial charge in [-0.1, -0.05) is 11.6 Å². The molecule has 3 rings (SSSR count). The van der Waals surface area contributed by atoms with Crippen LogP contribution in [0.25, 0.3) is 0 Å². The molecule has 1 aliphatic rings. The number of aromatic nitrogens is 2. The van der Waals surface area contributed by atoms with Gasteiger partial charge in [-0.25, -0.2) is 4.98 Å². The number of nitrogens with zero attached hydrogens (tertiary/aromatic N) is 5. The highest BCUT2D eigenvalue weighted by atomic mass is 35.5. The van der Waals surface area contributed by atoms with Gasteiger partial charge in [0, 0.05) is 56.7 Å². The summed E-state index contributed by atoms with van der Waals surface area (Å²) in [5.41, 5.74) is 0.500. The van der Waals surface area contributed by atoms with Crippen molar-refractivity contribution >= 4 is 28.9 Å². The van der Waals surface area contributed by atoms with Crippen LogP contribution < -0.4 is 4.90 Å². The Morgan fingerprint density at radius 2 is 2.00 bits per heavy atom. The number of amides is 1. The van der Waals surface area contributed by atoms with E-state index in [-0.39, 0.29) is 11.6 Å². The first-order chi connectivity index (χ1) is 11.5. The van der Waals surface area contributed by atoms with Gasteiger partial charge in [-0.05, 0) is 12.1 Å². The quantitative estimate of drug-likeness (QED) is 0.624. The van der Waals surface area contributed by atoms with Crippen LogP contribution in [-0.4, -0.2) is 51.5 Å². The van der Waals surface area contributed by atoms with Gasteiger partial charge in [0.1, 0.15) is 5.69 Å². The van der Waals surface area contributed by atoms with Crippen molar-refractivity contribution in [2.45, 2.75) is 0 Å². The monoisotopic (exact) mass is 349 g/mol. The van der Waals surface area contributed by atoms with E-state index in [4.69, 9.17) is 11.6 Å². The molecule has 0 N–H and O–H groups in total. The van der Waals surface area contributed by atoms with Crippen LogP contribution in [0.4, 0.5) is 11.4 Å². The van der Waals surface area contributed by atoms with E-state index in [1.807, 2.05) is 4.90 Å². The molecule has 0 atom stereocenters. The van der Waals surface area contributed by atoms with Crippen LogP contribution in [0.3, 0.4) is 0 Å². The molecule has 0 saturated carbocycles. The zero-order valence-corrected chi connectivity index (χ0v) is 13.8. The summed E-state index contributed by atoms with van der Waals surface area (Å²) in [7, 11) is 1.77. The van der Waals surface area contributed by atoms with Gasteiger partial charge in [0.05, 0.1) is 4.92 Å². The van der Waals surface area contributed by atoms with Crippen molar-refractivity contribution in [1.82, 2.24) is 14.5 Å². The Kier molecular flexibility index (Phi) is 4.39. The minimum atomic E-state index is -0.438. The lowest BCUT2D eigenvalue weighted by Gasteiger charge is -2.35. The summed E-state index contributed by atoms with van der Waals surface area (Å²) in [6.07, 6.45) is 3.31. The second-order valence-corrected chi connectivity index (χ2v) is 5.97. The predicted octanol–water partition coefficient (Wildman–Crippen LogP) is 1.94. The average Bonchev–Trinajstić information content (AvgIpc) is 3.00. The summed E-state index contributed by atoms with van der Waals surface area (Å²) in [4.78, 5) is 30.9. The molecule has 24 heavy (non-hydrogen) atoms. The van der Waals surface area contributed by atoms with Crippen LogP contribution >= 0.6 is 11.6 Å². The maximum atomic E-state index is 12.4. The fourth-order valence-electron chi connectivity index (χ4n) is 2.77. The van der Waals surface area contributed by atoms with Gasteiger partial charge in [-0.3, -0.25) is 14.9 Å². The zero-order valence-electron chi connectivity index (χ0n) is 13.1. The lowest BCUT2D eigenvalue weighted by atomic mass is 10.2. The molecule has 1 saturated heterocycles. The van der Waals surface area contributed by atoms with E-state index >= 15 is 0 Å². The molecule has 1 amide bonds. The summed E-state index contributed by atoms with van der Waals surface area (Å²) in [6.45, 7) is 1.98. The minimum Gasteiger partial charge on any atom is -0.362 e. The first-order valence-corrected chi connectivity index (χ1v) is 7.80. The summed E-state index contributed by atoms with van der Waals surface area (Å²) >= 11 is 5.85. The van der Waals surface area contributed by atoms with Crippen LogP contribution in [0.1, 0.15) is 10.6 Å². The van der Waals surface area contributed by atoms with Crippen molar-refractivity contribution in [1.29, 1.82) is 0 Å². The summed E-state index contributed by atoms with van der Waals surface area (Å²) < 4.78 is 1.68. The molecule has 8 nitrogen and oxygen atoms in total. The van der Waals surface area contributed by atoms with Crippen LogP contribution in [0.5, 0.6) is 0 Å². The van der Waals surface area contributed by atoms with Crippen LogP contribution in [0.2, 0.25) is 5.02 Å².